The van der Waals surface area contributed by atoms with Crippen molar-refractivity contribution in [1.29, 1.82) is 0 Å². The van der Waals surface area contributed by atoms with Crippen molar-refractivity contribution in [3.63, 3.8) is 0 Å². The van der Waals surface area contributed by atoms with E-state index in [-0.39, 0.29) is 35.3 Å². The largest absolute Gasteiger partial charge is 0.243 e. The summed E-state index contributed by atoms with van der Waals surface area (Å²) in [5.74, 6) is -2.75. The Bertz CT molecular complexity index is 791. The van der Waals surface area contributed by atoms with E-state index in [4.69, 9.17) is 0 Å². The lowest BCUT2D eigenvalue weighted by atomic mass is 10.2. The Labute approximate surface area is 135 Å². The summed E-state index contributed by atoms with van der Waals surface area (Å²) in [7, 11) is -7.38. The molecule has 2 rings (SSSR count). The fourth-order valence-corrected chi connectivity index (χ4v) is 6.23. The minimum Gasteiger partial charge on any atom is -0.229 e. The van der Waals surface area contributed by atoms with Gasteiger partial charge in [0.1, 0.15) is 0 Å². The van der Waals surface area contributed by atoms with Crippen LogP contribution < -0.4 is 0 Å². The molecule has 9 heteroatoms. The van der Waals surface area contributed by atoms with E-state index in [1.54, 1.807) is 13.8 Å². The summed E-state index contributed by atoms with van der Waals surface area (Å²) in [5, 5.41) is 0. The quantitative estimate of drug-likeness (QED) is 0.796. The molecule has 5 nitrogen and oxygen atoms in total. The molecule has 0 saturated carbocycles. The highest BCUT2D eigenvalue weighted by molar-refractivity contribution is 7.92. The summed E-state index contributed by atoms with van der Waals surface area (Å²) in [5.41, 5.74) is 0. The topological polar surface area (TPSA) is 71.5 Å². The zero-order valence-corrected chi connectivity index (χ0v) is 14.5. The van der Waals surface area contributed by atoms with Crippen molar-refractivity contribution in [3.05, 3.63) is 29.8 Å². The molecule has 0 spiro atoms. The third-order valence-electron chi connectivity index (χ3n) is 3.66. The second-order valence-corrected chi connectivity index (χ2v) is 10.2. The van der Waals surface area contributed by atoms with Crippen LogP contribution in [-0.4, -0.2) is 45.2 Å². The van der Waals surface area contributed by atoms with Gasteiger partial charge >= 0.3 is 0 Å². The van der Waals surface area contributed by atoms with Gasteiger partial charge in [-0.15, -0.1) is 0 Å². The van der Waals surface area contributed by atoms with Gasteiger partial charge in [-0.25, -0.2) is 25.6 Å². The van der Waals surface area contributed by atoms with Crippen LogP contribution in [0.4, 0.5) is 8.78 Å². The van der Waals surface area contributed by atoms with Crippen molar-refractivity contribution < 1.29 is 25.6 Å². The fourth-order valence-electron chi connectivity index (χ4n) is 2.58. The Hall–Kier alpha value is -1.06. The van der Waals surface area contributed by atoms with Crippen LogP contribution in [0.15, 0.2) is 23.1 Å². The number of rotatable bonds is 5. The minimum absolute atomic E-state index is 0.0432. The molecule has 1 aromatic rings. The van der Waals surface area contributed by atoms with Crippen LogP contribution in [0.5, 0.6) is 0 Å². The average Bonchev–Trinajstić information content (AvgIpc) is 2.78. The third kappa shape index (κ3) is 4.07. The summed E-state index contributed by atoms with van der Waals surface area (Å²) in [4.78, 5) is -0.374. The Morgan fingerprint density at radius 1 is 1.26 bits per heavy atom. The Kier molecular flexibility index (Phi) is 5.12. The van der Waals surface area contributed by atoms with Crippen molar-refractivity contribution in [2.45, 2.75) is 31.2 Å². The van der Waals surface area contributed by atoms with Gasteiger partial charge in [0.15, 0.2) is 21.5 Å². The minimum atomic E-state index is -4.11. The van der Waals surface area contributed by atoms with E-state index in [2.05, 4.69) is 0 Å². The lowest BCUT2D eigenvalue weighted by Gasteiger charge is -2.29. The molecule has 0 amide bonds. The van der Waals surface area contributed by atoms with Gasteiger partial charge in [0.05, 0.1) is 16.4 Å². The number of hydrogen-bond donors (Lipinski definition) is 0. The van der Waals surface area contributed by atoms with E-state index in [0.717, 1.165) is 16.4 Å². The highest BCUT2D eigenvalue weighted by atomic mass is 32.2. The zero-order valence-electron chi connectivity index (χ0n) is 12.9. The number of nitrogens with zero attached hydrogens (tertiary/aromatic N) is 1. The predicted octanol–water partition coefficient (Wildman–Crippen LogP) is 1.80. The Balaban J connectivity index is 2.43. The Morgan fingerprint density at radius 2 is 1.91 bits per heavy atom. The normalized spacial score (nSPS) is 21.2. The van der Waals surface area contributed by atoms with Gasteiger partial charge < -0.3 is 0 Å². The van der Waals surface area contributed by atoms with Gasteiger partial charge in [0.2, 0.25) is 10.0 Å². The molecule has 0 aliphatic carbocycles. The summed E-state index contributed by atoms with van der Waals surface area (Å²) in [6, 6.07) is 1.69. The molecular formula is C14H19F2NO4S2. The first-order valence-corrected chi connectivity index (χ1v) is 10.5. The number of sulfonamides is 1. The van der Waals surface area contributed by atoms with Crippen molar-refractivity contribution in [1.82, 2.24) is 4.31 Å². The van der Waals surface area contributed by atoms with Gasteiger partial charge in [-0.1, -0.05) is 13.8 Å². The van der Waals surface area contributed by atoms with E-state index in [1.165, 1.54) is 0 Å². The van der Waals surface area contributed by atoms with E-state index < -0.39 is 37.5 Å². The lowest BCUT2D eigenvalue weighted by molar-refractivity contribution is 0.307. The second-order valence-electron chi connectivity index (χ2n) is 6.10. The molecule has 1 saturated heterocycles. The van der Waals surface area contributed by atoms with Crippen molar-refractivity contribution in [3.8, 4) is 0 Å². The molecule has 0 N–H and O–H groups in total. The maximum atomic E-state index is 13.4. The van der Waals surface area contributed by atoms with Crippen molar-refractivity contribution >= 4 is 19.9 Å². The maximum absolute atomic E-state index is 13.4. The first kappa shape index (κ1) is 18.3. The molecule has 1 aliphatic heterocycles. The summed E-state index contributed by atoms with van der Waals surface area (Å²) in [6.07, 6.45) is 0.206. The van der Waals surface area contributed by atoms with E-state index in [0.29, 0.717) is 6.07 Å². The molecule has 1 heterocycles. The first-order valence-electron chi connectivity index (χ1n) is 7.20. The highest BCUT2D eigenvalue weighted by Gasteiger charge is 2.39. The van der Waals surface area contributed by atoms with Crippen LogP contribution >= 0.6 is 0 Å². The summed E-state index contributed by atoms with van der Waals surface area (Å²) >= 11 is 0. The third-order valence-corrected chi connectivity index (χ3v) is 7.32. The average molecular weight is 367 g/mol. The van der Waals surface area contributed by atoms with Gasteiger partial charge in [-0.05, 0) is 30.5 Å². The number of hydrogen-bond acceptors (Lipinski definition) is 4. The summed E-state index contributed by atoms with van der Waals surface area (Å²) in [6.45, 7) is 3.72. The molecule has 1 aromatic carbocycles. The van der Waals surface area contributed by atoms with Crippen LogP contribution in [0.2, 0.25) is 0 Å². The van der Waals surface area contributed by atoms with Gasteiger partial charge in [0.25, 0.3) is 0 Å². The van der Waals surface area contributed by atoms with E-state index >= 15 is 0 Å². The van der Waals surface area contributed by atoms with Gasteiger partial charge in [-0.2, -0.15) is 4.31 Å². The molecule has 1 atom stereocenters. The molecule has 0 aromatic heterocycles. The number of halogens is 2. The predicted molar refractivity (Wildman–Crippen MR) is 82.1 cm³/mol. The van der Waals surface area contributed by atoms with Gasteiger partial charge in [-0.3, -0.25) is 0 Å². The van der Waals surface area contributed by atoms with Gasteiger partial charge in [0, 0.05) is 12.6 Å². The fraction of sp³-hybridized carbons (Fsp3) is 0.571. The van der Waals surface area contributed by atoms with Crippen LogP contribution in [0, 0.1) is 17.6 Å². The molecule has 0 unspecified atom stereocenters. The molecule has 1 fully saturated rings. The zero-order chi connectivity index (χ0) is 17.4. The molecule has 130 valence electrons. The van der Waals surface area contributed by atoms with Crippen LogP contribution in [0.25, 0.3) is 0 Å². The SMILES string of the molecule is CC(C)CN([C@@H]1CCS(=O)(=O)C1)S(=O)(=O)c1ccc(F)c(F)c1. The van der Waals surface area contributed by atoms with E-state index in [9.17, 15) is 25.6 Å². The second kappa shape index (κ2) is 6.45. The summed E-state index contributed by atoms with van der Waals surface area (Å²) < 4.78 is 76.4. The number of benzene rings is 1. The molecule has 0 bridgehead atoms. The first-order chi connectivity index (χ1) is 10.5. The van der Waals surface area contributed by atoms with Crippen molar-refractivity contribution in [2.24, 2.45) is 5.92 Å². The lowest BCUT2D eigenvalue weighted by Crippen LogP contribution is -2.43. The molecular weight excluding hydrogens is 348 g/mol. The maximum Gasteiger partial charge on any atom is 0.243 e. The Morgan fingerprint density at radius 3 is 2.39 bits per heavy atom. The number of sulfone groups is 1. The monoisotopic (exact) mass is 367 g/mol. The molecule has 1 aliphatic rings. The molecule has 0 radical (unpaired) electrons. The van der Waals surface area contributed by atoms with Crippen LogP contribution in [-0.2, 0) is 19.9 Å². The van der Waals surface area contributed by atoms with Crippen LogP contribution in [0.1, 0.15) is 20.3 Å². The standard InChI is InChI=1S/C14H19F2NO4S2/c1-10(2)8-17(11-5-6-22(18,19)9-11)23(20,21)12-3-4-13(15)14(16)7-12/h3-4,7,10-11H,5-6,8-9H2,1-2H3/t11-/m1/s1. The van der Waals surface area contributed by atoms with Crippen LogP contribution in [0.3, 0.4) is 0 Å². The smallest absolute Gasteiger partial charge is 0.229 e. The van der Waals surface area contributed by atoms with Crippen molar-refractivity contribution in [2.75, 3.05) is 18.1 Å². The van der Waals surface area contributed by atoms with E-state index in [1.807, 2.05) is 0 Å². The molecule has 23 heavy (non-hydrogen) atoms. The highest BCUT2D eigenvalue weighted by Crippen LogP contribution is 2.26.